The monoisotopic (exact) mass is 320 g/mol. The maximum Gasteiger partial charge on any atom is 0.472 e. The summed E-state index contributed by atoms with van der Waals surface area (Å²) >= 11 is 3.35. The maximum atomic E-state index is 11.5. The third-order valence-corrected chi connectivity index (χ3v) is 4.18. The second-order valence-corrected chi connectivity index (χ2v) is 7.09. The van der Waals surface area contributed by atoms with E-state index in [4.69, 9.17) is 9.05 Å². The third kappa shape index (κ3) is 2.98. The fourth-order valence-electron chi connectivity index (χ4n) is 1.78. The van der Waals surface area contributed by atoms with Gasteiger partial charge in [0.2, 0.25) is 0 Å². The van der Waals surface area contributed by atoms with E-state index in [0.29, 0.717) is 0 Å². The average molecular weight is 321 g/mol. The van der Waals surface area contributed by atoms with Crippen LogP contribution in [0.5, 0.6) is 0 Å². The van der Waals surface area contributed by atoms with Gasteiger partial charge in [0.15, 0.2) is 0 Å². The predicted octanol–water partition coefficient (Wildman–Crippen LogP) is 3.66. The largest absolute Gasteiger partial charge is 0.472 e. The topological polar surface area (TPSA) is 55.8 Å². The predicted molar refractivity (Wildman–Crippen MR) is 67.5 cm³/mol. The zero-order chi connectivity index (χ0) is 12.7. The van der Waals surface area contributed by atoms with Crippen molar-refractivity contribution in [3.05, 3.63) is 34.3 Å². The molecule has 0 radical (unpaired) electrons. The van der Waals surface area contributed by atoms with E-state index < -0.39 is 13.9 Å². The Morgan fingerprint density at radius 3 is 2.59 bits per heavy atom. The Balaban J connectivity index is 2.33. The van der Waals surface area contributed by atoms with Crippen LogP contribution in [0.1, 0.15) is 25.5 Å². The van der Waals surface area contributed by atoms with Crippen LogP contribution in [0, 0.1) is 5.41 Å². The molecule has 1 fully saturated rings. The summed E-state index contributed by atoms with van der Waals surface area (Å²) in [5.41, 5.74) is 0.528. The fourth-order valence-corrected chi connectivity index (χ4v) is 3.27. The minimum Gasteiger partial charge on any atom is -0.302 e. The summed E-state index contributed by atoms with van der Waals surface area (Å²) in [4.78, 5) is 9.39. The van der Waals surface area contributed by atoms with Gasteiger partial charge in [0.1, 0.15) is 6.10 Å². The Hall–Kier alpha value is -0.190. The molecule has 1 N–H and O–H groups in total. The summed E-state index contributed by atoms with van der Waals surface area (Å²) in [6.07, 6.45) is -0.444. The molecule has 0 aliphatic carbocycles. The highest BCUT2D eigenvalue weighted by atomic mass is 79.9. The number of phosphoric acid groups is 1. The Kier molecular flexibility index (Phi) is 3.49. The van der Waals surface area contributed by atoms with Crippen molar-refractivity contribution in [3.63, 3.8) is 0 Å². The lowest BCUT2D eigenvalue weighted by Crippen LogP contribution is -2.33. The number of hydrogen-bond acceptors (Lipinski definition) is 3. The van der Waals surface area contributed by atoms with Gasteiger partial charge in [-0.05, 0) is 17.7 Å². The van der Waals surface area contributed by atoms with Gasteiger partial charge in [0.25, 0.3) is 0 Å². The summed E-state index contributed by atoms with van der Waals surface area (Å²) < 4.78 is 22.5. The molecule has 1 heterocycles. The lowest BCUT2D eigenvalue weighted by atomic mass is 9.83. The van der Waals surface area contributed by atoms with Crippen LogP contribution in [0.2, 0.25) is 0 Å². The Labute approximate surface area is 109 Å². The first-order valence-corrected chi connectivity index (χ1v) is 7.50. The number of phosphoric ester groups is 1. The van der Waals surface area contributed by atoms with Crippen molar-refractivity contribution < 1.29 is 18.5 Å². The first-order valence-electron chi connectivity index (χ1n) is 5.21. The number of rotatable bonds is 1. The van der Waals surface area contributed by atoms with Crippen molar-refractivity contribution in [1.29, 1.82) is 0 Å². The van der Waals surface area contributed by atoms with Crippen LogP contribution < -0.4 is 0 Å². The Morgan fingerprint density at radius 2 is 2.00 bits per heavy atom. The molecule has 17 heavy (non-hydrogen) atoms. The highest BCUT2D eigenvalue weighted by Crippen LogP contribution is 2.58. The molecular formula is C11H14BrO4P. The first-order chi connectivity index (χ1) is 7.80. The second-order valence-electron chi connectivity index (χ2n) is 4.77. The van der Waals surface area contributed by atoms with Gasteiger partial charge in [-0.2, -0.15) is 0 Å². The number of halogens is 1. The average Bonchev–Trinajstić information content (AvgIpc) is 2.24. The van der Waals surface area contributed by atoms with Crippen LogP contribution in [0.15, 0.2) is 28.7 Å². The van der Waals surface area contributed by atoms with E-state index in [1.807, 2.05) is 38.1 Å². The maximum absolute atomic E-state index is 11.5. The molecule has 2 atom stereocenters. The van der Waals surface area contributed by atoms with Crippen molar-refractivity contribution >= 4 is 23.8 Å². The van der Waals surface area contributed by atoms with E-state index in [9.17, 15) is 9.46 Å². The highest BCUT2D eigenvalue weighted by Gasteiger charge is 2.44. The van der Waals surface area contributed by atoms with E-state index >= 15 is 0 Å². The normalized spacial score (nSPS) is 32.4. The molecule has 1 aromatic carbocycles. The lowest BCUT2D eigenvalue weighted by Gasteiger charge is -2.39. The molecule has 0 saturated carbocycles. The summed E-state index contributed by atoms with van der Waals surface area (Å²) in [7, 11) is -3.91. The van der Waals surface area contributed by atoms with Gasteiger partial charge in [-0.25, -0.2) is 4.57 Å². The minimum absolute atomic E-state index is 0.196. The van der Waals surface area contributed by atoms with Crippen molar-refractivity contribution in [2.45, 2.75) is 20.0 Å². The molecule has 1 aliphatic rings. The first kappa shape index (κ1) is 13.2. The van der Waals surface area contributed by atoms with E-state index in [2.05, 4.69) is 15.9 Å². The molecule has 94 valence electrons. The van der Waals surface area contributed by atoms with Crippen LogP contribution in [0.3, 0.4) is 0 Å². The molecule has 1 aliphatic heterocycles. The molecule has 1 unspecified atom stereocenters. The van der Waals surface area contributed by atoms with Gasteiger partial charge in [0.05, 0.1) is 6.61 Å². The second kappa shape index (κ2) is 4.48. The van der Waals surface area contributed by atoms with Gasteiger partial charge in [-0.1, -0.05) is 41.9 Å². The summed E-state index contributed by atoms with van der Waals surface area (Å²) in [6.45, 7) is 4.08. The smallest absolute Gasteiger partial charge is 0.302 e. The molecule has 1 saturated heterocycles. The molecule has 0 bridgehead atoms. The SMILES string of the molecule is CC1(C)COP(=O)(O)O[C@H]1c1ccc(Br)cc1. The lowest BCUT2D eigenvalue weighted by molar-refractivity contribution is -0.0472. The van der Waals surface area contributed by atoms with Gasteiger partial charge in [-0.3, -0.25) is 9.05 Å². The van der Waals surface area contributed by atoms with Crippen molar-refractivity contribution in [1.82, 2.24) is 0 Å². The van der Waals surface area contributed by atoms with Crippen LogP contribution >= 0.6 is 23.8 Å². The highest BCUT2D eigenvalue weighted by molar-refractivity contribution is 9.10. The molecule has 2 rings (SSSR count). The van der Waals surface area contributed by atoms with Crippen LogP contribution in [0.4, 0.5) is 0 Å². The van der Waals surface area contributed by atoms with E-state index in [1.165, 1.54) is 0 Å². The number of hydrogen-bond donors (Lipinski definition) is 1. The molecule has 0 amide bonds. The molecule has 0 spiro atoms. The summed E-state index contributed by atoms with van der Waals surface area (Å²) in [5.74, 6) is 0. The van der Waals surface area contributed by atoms with Gasteiger partial charge >= 0.3 is 7.82 Å². The van der Waals surface area contributed by atoms with Gasteiger partial charge in [0, 0.05) is 9.89 Å². The van der Waals surface area contributed by atoms with E-state index in [-0.39, 0.29) is 12.0 Å². The number of benzene rings is 1. The van der Waals surface area contributed by atoms with Gasteiger partial charge < -0.3 is 4.89 Å². The van der Waals surface area contributed by atoms with Crippen LogP contribution in [-0.4, -0.2) is 11.5 Å². The Bertz CT molecular complexity index is 457. The van der Waals surface area contributed by atoms with Crippen LogP contribution in [0.25, 0.3) is 0 Å². The fraction of sp³-hybridized carbons (Fsp3) is 0.455. The molecule has 4 nitrogen and oxygen atoms in total. The summed E-state index contributed by atoms with van der Waals surface area (Å²) in [5, 5.41) is 0. The minimum atomic E-state index is -3.91. The summed E-state index contributed by atoms with van der Waals surface area (Å²) in [6, 6.07) is 7.52. The molecular weight excluding hydrogens is 307 g/mol. The standard InChI is InChI=1S/C11H14BrO4P/c1-11(2)7-15-17(13,14)16-10(11)8-3-5-9(12)6-4-8/h3-6,10H,7H2,1-2H3,(H,13,14)/t10-/m0/s1. The third-order valence-electron chi connectivity index (χ3n) is 2.72. The van der Waals surface area contributed by atoms with Crippen molar-refractivity contribution in [2.24, 2.45) is 5.41 Å². The van der Waals surface area contributed by atoms with E-state index in [1.54, 1.807) is 0 Å². The zero-order valence-electron chi connectivity index (χ0n) is 9.59. The Morgan fingerprint density at radius 1 is 1.41 bits per heavy atom. The molecule has 1 aromatic rings. The molecule has 0 aromatic heterocycles. The van der Waals surface area contributed by atoms with Crippen LogP contribution in [-0.2, 0) is 13.6 Å². The zero-order valence-corrected chi connectivity index (χ0v) is 12.1. The molecule has 6 heteroatoms. The van der Waals surface area contributed by atoms with E-state index in [0.717, 1.165) is 10.0 Å². The van der Waals surface area contributed by atoms with Crippen molar-refractivity contribution in [3.8, 4) is 0 Å². The van der Waals surface area contributed by atoms with Crippen molar-refractivity contribution in [2.75, 3.05) is 6.61 Å². The van der Waals surface area contributed by atoms with Gasteiger partial charge in [-0.15, -0.1) is 0 Å². The quantitative estimate of drug-likeness (QED) is 0.802.